The molecular weight excluding hydrogens is 382 g/mol. The summed E-state index contributed by atoms with van der Waals surface area (Å²) in [6.07, 6.45) is 1.10. The summed E-state index contributed by atoms with van der Waals surface area (Å²) in [5.74, 6) is 0.695. The number of carbonyl (C=O) groups is 1. The minimum atomic E-state index is -0.336. The van der Waals surface area contributed by atoms with Gasteiger partial charge in [-0.1, -0.05) is 86.6 Å². The fourth-order valence-electron chi connectivity index (χ4n) is 4.32. The van der Waals surface area contributed by atoms with Crippen LogP contribution in [0.4, 0.5) is 0 Å². The molecule has 0 aliphatic rings. The van der Waals surface area contributed by atoms with Gasteiger partial charge in [0.25, 0.3) is 0 Å². The molecular formula is C28H33NO2. The number of aldehydes is 1. The van der Waals surface area contributed by atoms with E-state index in [1.807, 2.05) is 62.6 Å². The van der Waals surface area contributed by atoms with Crippen molar-refractivity contribution < 1.29 is 9.53 Å². The van der Waals surface area contributed by atoms with Crippen molar-refractivity contribution in [1.82, 2.24) is 4.90 Å². The van der Waals surface area contributed by atoms with Crippen molar-refractivity contribution in [1.29, 1.82) is 0 Å². The minimum Gasteiger partial charge on any atom is -0.492 e. The topological polar surface area (TPSA) is 29.5 Å². The molecule has 0 N–H and O–H groups in total. The molecule has 0 radical (unpaired) electrons. The van der Waals surface area contributed by atoms with E-state index in [2.05, 4.69) is 55.1 Å². The van der Waals surface area contributed by atoms with Crippen LogP contribution < -0.4 is 4.74 Å². The van der Waals surface area contributed by atoms with E-state index in [4.69, 9.17) is 4.74 Å². The van der Waals surface area contributed by atoms with Gasteiger partial charge in [-0.3, -0.25) is 0 Å². The Morgan fingerprint density at radius 2 is 1.32 bits per heavy atom. The molecule has 0 aliphatic carbocycles. The quantitative estimate of drug-likeness (QED) is 0.394. The zero-order valence-electron chi connectivity index (χ0n) is 19.0. The fourth-order valence-corrected chi connectivity index (χ4v) is 4.32. The lowest BCUT2D eigenvalue weighted by molar-refractivity contribution is -0.111. The van der Waals surface area contributed by atoms with Crippen LogP contribution in [-0.4, -0.2) is 38.4 Å². The zero-order chi connectivity index (χ0) is 22.3. The van der Waals surface area contributed by atoms with Crippen LogP contribution in [0.2, 0.25) is 0 Å². The first-order valence-electron chi connectivity index (χ1n) is 10.9. The lowest BCUT2D eigenvalue weighted by atomic mass is 9.63. The molecule has 3 heteroatoms. The second-order valence-electron chi connectivity index (χ2n) is 8.91. The molecule has 2 unspecified atom stereocenters. The lowest BCUT2D eigenvalue weighted by Gasteiger charge is -2.40. The normalized spacial score (nSPS) is 13.6. The first kappa shape index (κ1) is 22.8. The summed E-state index contributed by atoms with van der Waals surface area (Å²) in [5.41, 5.74) is 3.10. The standard InChI is InChI=1S/C28H33NO2/c1-28(2,26(21-30)22-11-7-5-8-12-22)27(23-13-9-6-10-14-23)24-15-17-25(18-16-24)31-20-19-29(3)4/h5-18,21,26-27H,19-20H2,1-4H3. The van der Waals surface area contributed by atoms with E-state index < -0.39 is 0 Å². The second kappa shape index (κ2) is 10.4. The van der Waals surface area contributed by atoms with Crippen molar-refractivity contribution in [3.8, 4) is 5.75 Å². The molecule has 0 aromatic heterocycles. The molecule has 162 valence electrons. The fraction of sp³-hybridized carbons (Fsp3) is 0.321. The van der Waals surface area contributed by atoms with Crippen LogP contribution >= 0.6 is 0 Å². The minimum absolute atomic E-state index is 0.0555. The number of likely N-dealkylation sites (N-methyl/N-ethyl adjacent to an activating group) is 1. The highest BCUT2D eigenvalue weighted by atomic mass is 16.5. The van der Waals surface area contributed by atoms with Crippen LogP contribution in [0.1, 0.15) is 42.4 Å². The summed E-state index contributed by atoms with van der Waals surface area (Å²) in [7, 11) is 4.07. The smallest absolute Gasteiger partial charge is 0.128 e. The van der Waals surface area contributed by atoms with E-state index in [0.717, 1.165) is 24.1 Å². The third-order valence-corrected chi connectivity index (χ3v) is 5.99. The number of benzene rings is 3. The van der Waals surface area contributed by atoms with Crippen LogP contribution in [0.25, 0.3) is 0 Å². The molecule has 3 nitrogen and oxygen atoms in total. The van der Waals surface area contributed by atoms with Gasteiger partial charge < -0.3 is 14.4 Å². The average Bonchev–Trinajstić information content (AvgIpc) is 2.76. The largest absolute Gasteiger partial charge is 0.492 e. The predicted molar refractivity (Wildman–Crippen MR) is 128 cm³/mol. The van der Waals surface area contributed by atoms with Crippen LogP contribution in [0.15, 0.2) is 84.9 Å². The Labute approximate surface area is 186 Å². The van der Waals surface area contributed by atoms with Crippen molar-refractivity contribution in [2.24, 2.45) is 5.41 Å². The molecule has 31 heavy (non-hydrogen) atoms. The molecule has 0 bridgehead atoms. The number of hydrogen-bond acceptors (Lipinski definition) is 3. The van der Waals surface area contributed by atoms with E-state index in [1.165, 1.54) is 11.1 Å². The highest BCUT2D eigenvalue weighted by molar-refractivity contribution is 5.64. The van der Waals surface area contributed by atoms with Crippen molar-refractivity contribution in [3.63, 3.8) is 0 Å². The highest BCUT2D eigenvalue weighted by Gasteiger charge is 2.39. The van der Waals surface area contributed by atoms with Gasteiger partial charge in [0.15, 0.2) is 0 Å². The zero-order valence-corrected chi connectivity index (χ0v) is 19.0. The average molecular weight is 416 g/mol. The molecule has 0 heterocycles. The monoisotopic (exact) mass is 415 g/mol. The van der Waals surface area contributed by atoms with Crippen LogP contribution in [0, 0.1) is 5.41 Å². The Balaban J connectivity index is 1.96. The van der Waals surface area contributed by atoms with E-state index in [0.29, 0.717) is 6.61 Å². The lowest BCUT2D eigenvalue weighted by Crippen LogP contribution is -2.31. The number of ether oxygens (including phenoxy) is 1. The summed E-state index contributed by atoms with van der Waals surface area (Å²) in [5, 5.41) is 0. The Bertz CT molecular complexity index is 934. The molecule has 3 rings (SSSR count). The van der Waals surface area contributed by atoms with Gasteiger partial charge in [-0.15, -0.1) is 0 Å². The van der Waals surface area contributed by atoms with Crippen molar-refractivity contribution in [2.75, 3.05) is 27.2 Å². The van der Waals surface area contributed by atoms with E-state index in [1.54, 1.807) is 0 Å². The number of hydrogen-bond donors (Lipinski definition) is 0. The van der Waals surface area contributed by atoms with Gasteiger partial charge in [0, 0.05) is 18.4 Å². The van der Waals surface area contributed by atoms with Gasteiger partial charge in [0.2, 0.25) is 0 Å². The van der Waals surface area contributed by atoms with Crippen LogP contribution in [0.3, 0.4) is 0 Å². The summed E-state index contributed by atoms with van der Waals surface area (Å²) < 4.78 is 5.88. The van der Waals surface area contributed by atoms with Crippen molar-refractivity contribution >= 4 is 6.29 Å². The van der Waals surface area contributed by atoms with Gasteiger partial charge in [-0.2, -0.15) is 0 Å². The van der Waals surface area contributed by atoms with Gasteiger partial charge in [0.1, 0.15) is 18.6 Å². The molecule has 3 aromatic carbocycles. The Morgan fingerprint density at radius 1 is 0.806 bits per heavy atom. The highest BCUT2D eigenvalue weighted by Crippen LogP contribution is 2.49. The van der Waals surface area contributed by atoms with Crippen molar-refractivity contribution in [2.45, 2.75) is 25.7 Å². The Morgan fingerprint density at radius 3 is 1.84 bits per heavy atom. The van der Waals surface area contributed by atoms with Gasteiger partial charge >= 0.3 is 0 Å². The maximum Gasteiger partial charge on any atom is 0.128 e. The summed E-state index contributed by atoms with van der Waals surface area (Å²) in [4.78, 5) is 14.4. The van der Waals surface area contributed by atoms with E-state index in [9.17, 15) is 4.79 Å². The summed E-state index contributed by atoms with van der Waals surface area (Å²) in [6.45, 7) is 5.91. The number of carbonyl (C=O) groups excluding carboxylic acids is 1. The second-order valence-corrected chi connectivity index (χ2v) is 8.91. The molecule has 0 spiro atoms. The predicted octanol–water partition coefficient (Wildman–Crippen LogP) is 5.77. The molecule has 0 aliphatic heterocycles. The first-order valence-corrected chi connectivity index (χ1v) is 10.9. The Kier molecular flexibility index (Phi) is 7.64. The summed E-state index contributed by atoms with van der Waals surface area (Å²) in [6, 6.07) is 28.9. The number of rotatable bonds is 10. The first-order chi connectivity index (χ1) is 14.9. The third kappa shape index (κ3) is 5.62. The molecule has 0 fully saturated rings. The maximum absolute atomic E-state index is 12.3. The molecule has 2 atom stereocenters. The third-order valence-electron chi connectivity index (χ3n) is 5.99. The number of nitrogens with zero attached hydrogens (tertiary/aromatic N) is 1. The summed E-state index contributed by atoms with van der Waals surface area (Å²) >= 11 is 0. The SMILES string of the molecule is CN(C)CCOc1ccc(C(c2ccccc2)C(C)(C)C(C=O)c2ccccc2)cc1. The van der Waals surface area contributed by atoms with E-state index >= 15 is 0 Å². The van der Waals surface area contributed by atoms with Crippen LogP contribution in [0.5, 0.6) is 5.75 Å². The Hall–Kier alpha value is -2.91. The molecule has 0 amide bonds. The molecule has 0 saturated heterocycles. The van der Waals surface area contributed by atoms with E-state index in [-0.39, 0.29) is 17.3 Å². The molecule has 0 saturated carbocycles. The van der Waals surface area contributed by atoms with Crippen molar-refractivity contribution in [3.05, 3.63) is 102 Å². The van der Waals surface area contributed by atoms with Gasteiger partial charge in [-0.05, 0) is 48.3 Å². The van der Waals surface area contributed by atoms with Gasteiger partial charge in [-0.25, -0.2) is 0 Å². The molecule has 3 aromatic rings. The van der Waals surface area contributed by atoms with Gasteiger partial charge in [0.05, 0.1) is 0 Å². The maximum atomic E-state index is 12.3. The van der Waals surface area contributed by atoms with Crippen LogP contribution in [-0.2, 0) is 4.79 Å².